The number of hydrogen-bond acceptors (Lipinski definition) is 1. The van der Waals surface area contributed by atoms with Crippen LogP contribution >= 0.6 is 0 Å². The van der Waals surface area contributed by atoms with Crippen LogP contribution in [0.15, 0.2) is 23.0 Å². The smallest absolute Gasteiger partial charge is 0.0961 e. The van der Waals surface area contributed by atoms with Crippen LogP contribution in [0.1, 0.15) is 64.7 Å². The van der Waals surface area contributed by atoms with E-state index in [0.29, 0.717) is 5.41 Å². The number of methoxy groups -OCH3 is 1. The van der Waals surface area contributed by atoms with Gasteiger partial charge in [0.25, 0.3) is 0 Å². The summed E-state index contributed by atoms with van der Waals surface area (Å²) < 4.78 is 5.49. The Bertz CT molecular complexity index is 472. The van der Waals surface area contributed by atoms with E-state index in [1.807, 2.05) is 12.7 Å². The fraction of sp³-hybridized carbons (Fsp3) is 0.789. The monoisotopic (exact) mass is 272 g/mol. The van der Waals surface area contributed by atoms with Gasteiger partial charge in [-0.25, -0.2) is 0 Å². The van der Waals surface area contributed by atoms with Gasteiger partial charge in [0.2, 0.25) is 0 Å². The highest BCUT2D eigenvalue weighted by Crippen LogP contribution is 2.60. The van der Waals surface area contributed by atoms with E-state index in [9.17, 15) is 0 Å². The van der Waals surface area contributed by atoms with Crippen LogP contribution in [0.2, 0.25) is 0 Å². The van der Waals surface area contributed by atoms with Gasteiger partial charge in [-0.05, 0) is 79.8 Å². The summed E-state index contributed by atoms with van der Waals surface area (Å²) in [6.45, 7) is 2.59. The van der Waals surface area contributed by atoms with Crippen molar-refractivity contribution in [3.63, 3.8) is 0 Å². The minimum atomic E-state index is 0.696. The second-order valence-corrected chi connectivity index (χ2v) is 7.87. The molecule has 2 saturated carbocycles. The van der Waals surface area contributed by atoms with Gasteiger partial charge in [0.15, 0.2) is 0 Å². The van der Waals surface area contributed by atoms with Gasteiger partial charge < -0.3 is 4.74 Å². The Morgan fingerprint density at radius 3 is 2.85 bits per heavy atom. The fourth-order valence-corrected chi connectivity index (χ4v) is 6.03. The Morgan fingerprint density at radius 2 is 2.00 bits per heavy atom. The molecule has 0 aromatic heterocycles. The first-order valence-electron chi connectivity index (χ1n) is 8.68. The van der Waals surface area contributed by atoms with E-state index in [1.165, 1.54) is 57.1 Å². The van der Waals surface area contributed by atoms with Crippen LogP contribution in [0.3, 0.4) is 0 Å². The molecule has 0 unspecified atom stereocenters. The molecule has 0 aromatic carbocycles. The molecule has 2 fully saturated rings. The Morgan fingerprint density at radius 1 is 1.10 bits per heavy atom. The molecule has 0 heterocycles. The van der Waals surface area contributed by atoms with Crippen molar-refractivity contribution in [1.29, 1.82) is 0 Å². The second-order valence-electron chi connectivity index (χ2n) is 7.87. The SMILES string of the molecule is COC1=CC2=C(CC1)[C@H]1CC[C@]3(C)CCC[C@H]3[C@@H]1CC2. The summed E-state index contributed by atoms with van der Waals surface area (Å²) in [6, 6.07) is 0. The summed E-state index contributed by atoms with van der Waals surface area (Å²) in [5, 5.41) is 0. The summed E-state index contributed by atoms with van der Waals surface area (Å²) in [5.74, 6) is 4.17. The minimum Gasteiger partial charge on any atom is -0.501 e. The molecule has 1 heteroatoms. The van der Waals surface area contributed by atoms with Crippen LogP contribution in [0.5, 0.6) is 0 Å². The van der Waals surface area contributed by atoms with Crippen LogP contribution in [0, 0.1) is 23.2 Å². The first-order valence-corrected chi connectivity index (χ1v) is 8.68. The predicted octanol–water partition coefficient (Wildman–Crippen LogP) is 5.23. The number of ether oxygens (including phenoxy) is 1. The normalized spacial score (nSPS) is 43.5. The maximum absolute atomic E-state index is 5.49. The van der Waals surface area contributed by atoms with E-state index in [0.717, 1.165) is 24.2 Å². The van der Waals surface area contributed by atoms with Gasteiger partial charge in [0.1, 0.15) is 0 Å². The van der Waals surface area contributed by atoms with Gasteiger partial charge in [-0.1, -0.05) is 18.9 Å². The average molecular weight is 272 g/mol. The van der Waals surface area contributed by atoms with Gasteiger partial charge in [-0.2, -0.15) is 0 Å². The number of hydrogen-bond donors (Lipinski definition) is 0. The van der Waals surface area contributed by atoms with Crippen LogP contribution in [-0.4, -0.2) is 7.11 Å². The zero-order valence-electron chi connectivity index (χ0n) is 13.1. The third-order valence-electron chi connectivity index (χ3n) is 7.06. The first kappa shape index (κ1) is 13.0. The molecule has 110 valence electrons. The lowest BCUT2D eigenvalue weighted by Gasteiger charge is -2.50. The molecular weight excluding hydrogens is 244 g/mol. The highest BCUT2D eigenvalue weighted by atomic mass is 16.5. The lowest BCUT2D eigenvalue weighted by atomic mass is 9.55. The number of allylic oxidation sites excluding steroid dienone is 4. The maximum atomic E-state index is 5.49. The quantitative estimate of drug-likeness (QED) is 0.635. The second kappa shape index (κ2) is 4.64. The molecule has 4 atom stereocenters. The molecule has 0 bridgehead atoms. The van der Waals surface area contributed by atoms with Crippen molar-refractivity contribution in [1.82, 2.24) is 0 Å². The lowest BCUT2D eigenvalue weighted by Crippen LogP contribution is -2.41. The molecule has 0 aliphatic heterocycles. The molecule has 1 nitrogen and oxygen atoms in total. The minimum absolute atomic E-state index is 0.696. The highest BCUT2D eigenvalue weighted by Gasteiger charge is 2.50. The average Bonchev–Trinajstić information content (AvgIpc) is 2.88. The Kier molecular flexibility index (Phi) is 3.01. The zero-order valence-corrected chi connectivity index (χ0v) is 13.1. The van der Waals surface area contributed by atoms with Crippen molar-refractivity contribution >= 4 is 0 Å². The standard InChI is InChI=1S/C19H28O/c1-19-10-3-4-18(19)17-7-5-13-12-14(20-2)6-8-15(13)16(17)9-11-19/h12,16-18H,3-11H2,1-2H3/t16-,17-,18+,19+/m1/s1. The van der Waals surface area contributed by atoms with E-state index >= 15 is 0 Å². The van der Waals surface area contributed by atoms with Crippen molar-refractivity contribution < 1.29 is 4.74 Å². The molecule has 0 saturated heterocycles. The van der Waals surface area contributed by atoms with E-state index in [-0.39, 0.29) is 0 Å². The highest BCUT2D eigenvalue weighted by molar-refractivity contribution is 5.36. The molecule has 0 aromatic rings. The molecule has 4 aliphatic rings. The van der Waals surface area contributed by atoms with E-state index < -0.39 is 0 Å². The Balaban J connectivity index is 1.65. The first-order chi connectivity index (χ1) is 9.71. The van der Waals surface area contributed by atoms with Crippen LogP contribution < -0.4 is 0 Å². The molecule has 0 spiro atoms. The van der Waals surface area contributed by atoms with Gasteiger partial charge in [0.05, 0.1) is 12.9 Å². The fourth-order valence-electron chi connectivity index (χ4n) is 6.03. The zero-order chi connectivity index (χ0) is 13.7. The summed E-state index contributed by atoms with van der Waals surface area (Å²) in [7, 11) is 1.83. The van der Waals surface area contributed by atoms with Crippen molar-refractivity contribution in [2.24, 2.45) is 23.2 Å². The van der Waals surface area contributed by atoms with Crippen LogP contribution in [-0.2, 0) is 4.74 Å². The molecule has 0 radical (unpaired) electrons. The Hall–Kier alpha value is -0.720. The van der Waals surface area contributed by atoms with Crippen LogP contribution in [0.25, 0.3) is 0 Å². The molecule has 20 heavy (non-hydrogen) atoms. The van der Waals surface area contributed by atoms with Crippen molar-refractivity contribution in [3.05, 3.63) is 23.0 Å². The molecular formula is C19H28O. The van der Waals surface area contributed by atoms with E-state index in [1.54, 1.807) is 5.57 Å². The van der Waals surface area contributed by atoms with Gasteiger partial charge in [-0.3, -0.25) is 0 Å². The summed E-state index contributed by atoms with van der Waals surface area (Å²) >= 11 is 0. The molecule has 4 rings (SSSR count). The summed E-state index contributed by atoms with van der Waals surface area (Å²) in [4.78, 5) is 0. The van der Waals surface area contributed by atoms with E-state index in [4.69, 9.17) is 4.74 Å². The maximum Gasteiger partial charge on any atom is 0.0961 e. The summed E-state index contributed by atoms with van der Waals surface area (Å²) in [6.07, 6.45) is 15.0. The van der Waals surface area contributed by atoms with E-state index in [2.05, 4.69) is 13.0 Å². The van der Waals surface area contributed by atoms with Crippen molar-refractivity contribution in [2.45, 2.75) is 64.7 Å². The molecule has 0 N–H and O–H groups in total. The number of rotatable bonds is 1. The third kappa shape index (κ3) is 1.81. The Labute approximate surface area is 123 Å². The third-order valence-corrected chi connectivity index (χ3v) is 7.06. The topological polar surface area (TPSA) is 9.23 Å². The van der Waals surface area contributed by atoms with Crippen LogP contribution in [0.4, 0.5) is 0 Å². The lowest BCUT2D eigenvalue weighted by molar-refractivity contribution is 0.0423. The van der Waals surface area contributed by atoms with Crippen molar-refractivity contribution in [3.8, 4) is 0 Å². The van der Waals surface area contributed by atoms with Gasteiger partial charge in [0, 0.05) is 6.42 Å². The predicted molar refractivity (Wildman–Crippen MR) is 82.2 cm³/mol. The molecule has 0 amide bonds. The largest absolute Gasteiger partial charge is 0.501 e. The van der Waals surface area contributed by atoms with Gasteiger partial charge >= 0.3 is 0 Å². The summed E-state index contributed by atoms with van der Waals surface area (Å²) in [5.41, 5.74) is 4.17. The van der Waals surface area contributed by atoms with Gasteiger partial charge in [-0.15, -0.1) is 0 Å². The molecule has 4 aliphatic carbocycles. The van der Waals surface area contributed by atoms with Crippen molar-refractivity contribution in [2.75, 3.05) is 7.11 Å². The number of fused-ring (bicyclic) bond motifs is 4.